The van der Waals surface area contributed by atoms with Crippen LogP contribution in [0.25, 0.3) is 0 Å². The van der Waals surface area contributed by atoms with Crippen molar-refractivity contribution in [3.63, 3.8) is 0 Å². The van der Waals surface area contributed by atoms with Gasteiger partial charge in [-0.3, -0.25) is 14.5 Å². The van der Waals surface area contributed by atoms with Gasteiger partial charge in [-0.15, -0.1) is 0 Å². The number of ketones is 1. The molecule has 0 N–H and O–H groups in total. The van der Waals surface area contributed by atoms with Gasteiger partial charge in [0.25, 0.3) is 0 Å². The number of hydrogen-bond donors (Lipinski definition) is 0. The second-order valence-corrected chi connectivity index (χ2v) is 4.50. The largest absolute Gasteiger partial charge is 0.292 e. The summed E-state index contributed by atoms with van der Waals surface area (Å²) in [5, 5.41) is 4.17. The molecule has 0 atom stereocenters. The molecule has 0 fully saturated rings. The number of carbonyl (C=O) groups excluding carboxylic acids is 1. The second kappa shape index (κ2) is 5.58. The third-order valence-corrected chi connectivity index (χ3v) is 2.78. The van der Waals surface area contributed by atoms with Gasteiger partial charge in [0, 0.05) is 30.6 Å². The van der Waals surface area contributed by atoms with Gasteiger partial charge in [0.15, 0.2) is 5.78 Å². The molecule has 2 heterocycles. The monoisotopic (exact) mass is 243 g/mol. The van der Waals surface area contributed by atoms with Gasteiger partial charge in [-0.1, -0.05) is 6.07 Å². The Bertz CT molecular complexity index is 517. The fourth-order valence-electron chi connectivity index (χ4n) is 1.86. The van der Waals surface area contributed by atoms with Crippen molar-refractivity contribution in [2.75, 3.05) is 0 Å². The SMILES string of the molecule is CC(C)n1nccc1C(=O)CCc1ccccn1. The minimum absolute atomic E-state index is 0.117. The smallest absolute Gasteiger partial charge is 0.181 e. The predicted molar refractivity (Wildman–Crippen MR) is 69.5 cm³/mol. The van der Waals surface area contributed by atoms with E-state index in [0.29, 0.717) is 18.5 Å². The minimum Gasteiger partial charge on any atom is -0.292 e. The molecule has 0 saturated carbocycles. The Balaban J connectivity index is 2.02. The first-order chi connectivity index (χ1) is 8.68. The molecular formula is C14H17N3O. The number of nitrogens with zero attached hydrogens (tertiary/aromatic N) is 3. The number of pyridine rings is 1. The highest BCUT2D eigenvalue weighted by atomic mass is 16.1. The first-order valence-electron chi connectivity index (χ1n) is 6.15. The number of rotatable bonds is 5. The van der Waals surface area contributed by atoms with Crippen LogP contribution in [-0.2, 0) is 6.42 Å². The van der Waals surface area contributed by atoms with Gasteiger partial charge in [0.1, 0.15) is 5.69 Å². The van der Waals surface area contributed by atoms with Gasteiger partial charge in [-0.05, 0) is 38.5 Å². The van der Waals surface area contributed by atoms with Crippen LogP contribution in [0.3, 0.4) is 0 Å². The van der Waals surface area contributed by atoms with Crippen molar-refractivity contribution in [2.24, 2.45) is 0 Å². The standard InChI is InChI=1S/C14H17N3O/c1-11(2)17-13(8-10-16-17)14(18)7-6-12-5-3-4-9-15-12/h3-5,8-11H,6-7H2,1-2H3. The van der Waals surface area contributed by atoms with Crippen molar-refractivity contribution >= 4 is 5.78 Å². The molecule has 0 spiro atoms. The summed E-state index contributed by atoms with van der Waals surface area (Å²) in [6, 6.07) is 7.73. The van der Waals surface area contributed by atoms with E-state index in [-0.39, 0.29) is 11.8 Å². The maximum atomic E-state index is 12.1. The van der Waals surface area contributed by atoms with E-state index in [1.54, 1.807) is 23.1 Å². The van der Waals surface area contributed by atoms with Gasteiger partial charge in [0.2, 0.25) is 0 Å². The minimum atomic E-state index is 0.117. The Kier molecular flexibility index (Phi) is 3.87. The topological polar surface area (TPSA) is 47.8 Å². The molecule has 0 radical (unpaired) electrons. The lowest BCUT2D eigenvalue weighted by Gasteiger charge is -2.09. The summed E-state index contributed by atoms with van der Waals surface area (Å²) in [5.74, 6) is 0.117. The van der Waals surface area contributed by atoms with E-state index in [0.717, 1.165) is 5.69 Å². The lowest BCUT2D eigenvalue weighted by Crippen LogP contribution is -2.13. The average molecular weight is 243 g/mol. The lowest BCUT2D eigenvalue weighted by molar-refractivity contribution is 0.0970. The molecular weight excluding hydrogens is 226 g/mol. The summed E-state index contributed by atoms with van der Waals surface area (Å²) in [6.45, 7) is 4.03. The summed E-state index contributed by atoms with van der Waals surface area (Å²) in [4.78, 5) is 16.3. The summed E-state index contributed by atoms with van der Waals surface area (Å²) in [6.07, 6.45) is 4.56. The van der Waals surface area contributed by atoms with Crippen LogP contribution in [0.2, 0.25) is 0 Å². The fraction of sp³-hybridized carbons (Fsp3) is 0.357. The van der Waals surface area contributed by atoms with Gasteiger partial charge < -0.3 is 0 Å². The highest BCUT2D eigenvalue weighted by Gasteiger charge is 2.13. The molecule has 18 heavy (non-hydrogen) atoms. The zero-order chi connectivity index (χ0) is 13.0. The van der Waals surface area contributed by atoms with Crippen molar-refractivity contribution in [2.45, 2.75) is 32.7 Å². The van der Waals surface area contributed by atoms with Crippen molar-refractivity contribution in [3.05, 3.63) is 48.0 Å². The van der Waals surface area contributed by atoms with E-state index in [1.807, 2.05) is 32.0 Å². The van der Waals surface area contributed by atoms with Crippen molar-refractivity contribution in [3.8, 4) is 0 Å². The van der Waals surface area contributed by atoms with Gasteiger partial charge in [0.05, 0.1) is 0 Å². The molecule has 0 aliphatic carbocycles. The zero-order valence-electron chi connectivity index (χ0n) is 10.7. The highest BCUT2D eigenvalue weighted by molar-refractivity contribution is 5.94. The Hall–Kier alpha value is -1.97. The van der Waals surface area contributed by atoms with Crippen LogP contribution in [0.15, 0.2) is 36.7 Å². The zero-order valence-corrected chi connectivity index (χ0v) is 10.7. The molecule has 0 aliphatic heterocycles. The number of aromatic nitrogens is 3. The van der Waals surface area contributed by atoms with E-state index < -0.39 is 0 Å². The first kappa shape index (κ1) is 12.5. The summed E-state index contributed by atoms with van der Waals surface area (Å²) < 4.78 is 1.76. The van der Waals surface area contributed by atoms with Gasteiger partial charge in [-0.25, -0.2) is 0 Å². The van der Waals surface area contributed by atoms with E-state index in [4.69, 9.17) is 0 Å². The van der Waals surface area contributed by atoms with Gasteiger partial charge >= 0.3 is 0 Å². The van der Waals surface area contributed by atoms with Crippen LogP contribution in [-0.4, -0.2) is 20.5 Å². The van der Waals surface area contributed by atoms with E-state index in [9.17, 15) is 4.79 Å². The summed E-state index contributed by atoms with van der Waals surface area (Å²) >= 11 is 0. The Labute approximate surface area is 107 Å². The molecule has 2 rings (SSSR count). The van der Waals surface area contributed by atoms with Crippen LogP contribution < -0.4 is 0 Å². The number of carbonyl (C=O) groups is 1. The molecule has 0 saturated heterocycles. The summed E-state index contributed by atoms with van der Waals surface area (Å²) in [7, 11) is 0. The summed E-state index contributed by atoms with van der Waals surface area (Å²) in [5.41, 5.74) is 1.63. The first-order valence-corrected chi connectivity index (χ1v) is 6.15. The van der Waals surface area contributed by atoms with Crippen LogP contribution in [0.5, 0.6) is 0 Å². The molecule has 2 aromatic heterocycles. The molecule has 2 aromatic rings. The van der Waals surface area contributed by atoms with Crippen molar-refractivity contribution < 1.29 is 4.79 Å². The normalized spacial score (nSPS) is 10.8. The van der Waals surface area contributed by atoms with Gasteiger partial charge in [-0.2, -0.15) is 5.10 Å². The maximum absolute atomic E-state index is 12.1. The van der Waals surface area contributed by atoms with Crippen LogP contribution in [0.1, 0.15) is 42.5 Å². The number of hydrogen-bond acceptors (Lipinski definition) is 3. The Morgan fingerprint density at radius 1 is 1.28 bits per heavy atom. The van der Waals surface area contributed by atoms with Crippen LogP contribution >= 0.6 is 0 Å². The number of aryl methyl sites for hydroxylation is 1. The van der Waals surface area contributed by atoms with Crippen molar-refractivity contribution in [1.29, 1.82) is 0 Å². The Morgan fingerprint density at radius 3 is 2.78 bits per heavy atom. The quantitative estimate of drug-likeness (QED) is 0.758. The molecule has 94 valence electrons. The highest BCUT2D eigenvalue weighted by Crippen LogP contribution is 2.11. The average Bonchev–Trinajstić information content (AvgIpc) is 2.86. The van der Waals surface area contributed by atoms with E-state index >= 15 is 0 Å². The van der Waals surface area contributed by atoms with Crippen molar-refractivity contribution in [1.82, 2.24) is 14.8 Å². The molecule has 0 unspecified atom stereocenters. The molecule has 4 heteroatoms. The Morgan fingerprint density at radius 2 is 2.11 bits per heavy atom. The van der Waals surface area contributed by atoms with Crippen LogP contribution in [0, 0.1) is 0 Å². The third-order valence-electron chi connectivity index (χ3n) is 2.78. The van der Waals surface area contributed by atoms with E-state index in [2.05, 4.69) is 10.1 Å². The third kappa shape index (κ3) is 2.83. The molecule has 4 nitrogen and oxygen atoms in total. The fourth-order valence-corrected chi connectivity index (χ4v) is 1.86. The number of Topliss-reactive ketones (excluding diaryl/α,β-unsaturated/α-hetero) is 1. The lowest BCUT2D eigenvalue weighted by atomic mass is 10.1. The molecule has 0 bridgehead atoms. The predicted octanol–water partition coefficient (Wildman–Crippen LogP) is 2.67. The molecule has 0 aromatic carbocycles. The maximum Gasteiger partial charge on any atom is 0.181 e. The molecule has 0 aliphatic rings. The molecule has 0 amide bonds. The second-order valence-electron chi connectivity index (χ2n) is 4.50. The van der Waals surface area contributed by atoms with E-state index in [1.165, 1.54) is 0 Å². The van der Waals surface area contributed by atoms with Crippen LogP contribution in [0.4, 0.5) is 0 Å².